The van der Waals surface area contributed by atoms with Gasteiger partial charge in [-0.1, -0.05) is 30.2 Å². The zero-order valence-electron chi connectivity index (χ0n) is 9.22. The molecule has 0 amide bonds. The standard InChI is InChI=1S/C14H17N/c1-2-3-11-15-14-10-6-8-12-7-4-5-9-13(12)14/h4-5,7,9,14-15H,6,8,10-11H2,1H3. The second-order valence-electron chi connectivity index (χ2n) is 3.95. The van der Waals surface area contributed by atoms with Crippen molar-refractivity contribution in [2.45, 2.75) is 32.2 Å². The zero-order chi connectivity index (χ0) is 10.5. The normalized spacial score (nSPS) is 18.9. The van der Waals surface area contributed by atoms with Gasteiger partial charge in [0.15, 0.2) is 0 Å². The molecule has 0 saturated carbocycles. The molecule has 0 aromatic heterocycles. The first-order valence-electron chi connectivity index (χ1n) is 5.62. The number of hydrogen-bond acceptors (Lipinski definition) is 1. The molecule has 1 aromatic rings. The van der Waals surface area contributed by atoms with Gasteiger partial charge in [-0.15, -0.1) is 5.92 Å². The summed E-state index contributed by atoms with van der Waals surface area (Å²) in [5.74, 6) is 5.98. The summed E-state index contributed by atoms with van der Waals surface area (Å²) < 4.78 is 0. The van der Waals surface area contributed by atoms with Gasteiger partial charge in [0.05, 0.1) is 6.54 Å². The van der Waals surface area contributed by atoms with Gasteiger partial charge >= 0.3 is 0 Å². The average molecular weight is 199 g/mol. The maximum Gasteiger partial charge on any atom is 0.0581 e. The molecular weight excluding hydrogens is 182 g/mol. The third-order valence-electron chi connectivity index (χ3n) is 2.98. The Kier molecular flexibility index (Phi) is 3.42. The number of rotatable bonds is 2. The van der Waals surface area contributed by atoms with E-state index in [0.717, 1.165) is 6.54 Å². The molecule has 1 nitrogen and oxygen atoms in total. The fourth-order valence-corrected chi connectivity index (χ4v) is 2.23. The predicted molar refractivity (Wildman–Crippen MR) is 63.6 cm³/mol. The summed E-state index contributed by atoms with van der Waals surface area (Å²) in [4.78, 5) is 0. The van der Waals surface area contributed by atoms with Crippen LogP contribution in [0.4, 0.5) is 0 Å². The second kappa shape index (κ2) is 5.00. The molecule has 1 heteroatoms. The highest BCUT2D eigenvalue weighted by molar-refractivity contribution is 5.32. The van der Waals surface area contributed by atoms with Crippen molar-refractivity contribution < 1.29 is 0 Å². The maximum atomic E-state index is 3.51. The Bertz CT molecular complexity index is 384. The van der Waals surface area contributed by atoms with Gasteiger partial charge in [0, 0.05) is 6.04 Å². The van der Waals surface area contributed by atoms with Gasteiger partial charge in [0.2, 0.25) is 0 Å². The van der Waals surface area contributed by atoms with E-state index in [1.165, 1.54) is 30.4 Å². The van der Waals surface area contributed by atoms with Gasteiger partial charge in [0.25, 0.3) is 0 Å². The molecule has 0 fully saturated rings. The molecule has 1 aromatic carbocycles. The first-order chi connectivity index (χ1) is 7.42. The molecule has 1 unspecified atom stereocenters. The second-order valence-corrected chi connectivity index (χ2v) is 3.95. The SMILES string of the molecule is CC#CCNC1CCCc2ccccc21. The minimum absolute atomic E-state index is 0.510. The molecule has 0 spiro atoms. The van der Waals surface area contributed by atoms with Gasteiger partial charge < -0.3 is 0 Å². The highest BCUT2D eigenvalue weighted by atomic mass is 14.9. The van der Waals surface area contributed by atoms with Crippen molar-refractivity contribution in [3.05, 3.63) is 35.4 Å². The molecule has 15 heavy (non-hydrogen) atoms. The highest BCUT2D eigenvalue weighted by Gasteiger charge is 2.18. The lowest BCUT2D eigenvalue weighted by molar-refractivity contribution is 0.483. The van der Waals surface area contributed by atoms with Gasteiger partial charge in [-0.25, -0.2) is 0 Å². The minimum Gasteiger partial charge on any atom is -0.299 e. The maximum absolute atomic E-state index is 3.51. The van der Waals surface area contributed by atoms with E-state index < -0.39 is 0 Å². The van der Waals surface area contributed by atoms with E-state index in [4.69, 9.17) is 0 Å². The molecule has 0 aliphatic heterocycles. The number of nitrogens with one attached hydrogen (secondary N) is 1. The number of benzene rings is 1. The molecule has 2 rings (SSSR count). The summed E-state index contributed by atoms with van der Waals surface area (Å²) in [5.41, 5.74) is 2.98. The lowest BCUT2D eigenvalue weighted by Gasteiger charge is -2.25. The summed E-state index contributed by atoms with van der Waals surface area (Å²) in [5, 5.41) is 3.51. The Balaban J connectivity index is 2.10. The molecule has 0 bridgehead atoms. The fourth-order valence-electron chi connectivity index (χ4n) is 2.23. The Morgan fingerprint density at radius 1 is 1.40 bits per heavy atom. The number of fused-ring (bicyclic) bond motifs is 1. The first kappa shape index (κ1) is 10.3. The van der Waals surface area contributed by atoms with Crippen LogP contribution in [0.3, 0.4) is 0 Å². The third-order valence-corrected chi connectivity index (χ3v) is 2.98. The molecule has 0 heterocycles. The van der Waals surface area contributed by atoms with Crippen molar-refractivity contribution in [2.24, 2.45) is 0 Å². The van der Waals surface area contributed by atoms with Crippen LogP contribution in [0.15, 0.2) is 24.3 Å². The van der Waals surface area contributed by atoms with E-state index in [1.54, 1.807) is 0 Å². The summed E-state index contributed by atoms with van der Waals surface area (Å²) in [7, 11) is 0. The monoisotopic (exact) mass is 199 g/mol. The van der Waals surface area contributed by atoms with E-state index in [0.29, 0.717) is 6.04 Å². The van der Waals surface area contributed by atoms with Gasteiger partial charge in [-0.2, -0.15) is 0 Å². The van der Waals surface area contributed by atoms with Crippen LogP contribution < -0.4 is 5.32 Å². The minimum atomic E-state index is 0.510. The van der Waals surface area contributed by atoms with E-state index in [1.807, 2.05) is 6.92 Å². The van der Waals surface area contributed by atoms with Crippen molar-refractivity contribution in [1.29, 1.82) is 0 Å². The summed E-state index contributed by atoms with van der Waals surface area (Å²) in [6, 6.07) is 9.26. The van der Waals surface area contributed by atoms with E-state index in [-0.39, 0.29) is 0 Å². The molecular formula is C14H17N. The van der Waals surface area contributed by atoms with Gasteiger partial charge in [0.1, 0.15) is 0 Å². The molecule has 0 saturated heterocycles. The van der Waals surface area contributed by atoms with Gasteiger partial charge in [-0.3, -0.25) is 5.32 Å². The fraction of sp³-hybridized carbons (Fsp3) is 0.429. The van der Waals surface area contributed by atoms with Crippen molar-refractivity contribution in [1.82, 2.24) is 5.32 Å². The van der Waals surface area contributed by atoms with Crippen LogP contribution in [0.2, 0.25) is 0 Å². The molecule has 78 valence electrons. The predicted octanol–water partition coefficient (Wildman–Crippen LogP) is 2.68. The van der Waals surface area contributed by atoms with Crippen molar-refractivity contribution in [3.8, 4) is 11.8 Å². The smallest absolute Gasteiger partial charge is 0.0581 e. The molecule has 0 radical (unpaired) electrons. The topological polar surface area (TPSA) is 12.0 Å². The highest BCUT2D eigenvalue weighted by Crippen LogP contribution is 2.28. The average Bonchev–Trinajstić information content (AvgIpc) is 2.30. The Morgan fingerprint density at radius 3 is 3.13 bits per heavy atom. The van der Waals surface area contributed by atoms with Crippen LogP contribution in [-0.4, -0.2) is 6.54 Å². The van der Waals surface area contributed by atoms with Crippen molar-refractivity contribution in [3.63, 3.8) is 0 Å². The van der Waals surface area contributed by atoms with Crippen LogP contribution in [0.25, 0.3) is 0 Å². The molecule has 1 atom stereocenters. The number of aryl methyl sites for hydroxylation is 1. The zero-order valence-corrected chi connectivity index (χ0v) is 9.22. The summed E-state index contributed by atoms with van der Waals surface area (Å²) >= 11 is 0. The summed E-state index contributed by atoms with van der Waals surface area (Å²) in [6.45, 7) is 2.69. The van der Waals surface area contributed by atoms with Crippen LogP contribution in [0, 0.1) is 11.8 Å². The van der Waals surface area contributed by atoms with Crippen LogP contribution in [0.1, 0.15) is 36.9 Å². The third kappa shape index (κ3) is 2.40. The van der Waals surface area contributed by atoms with Crippen LogP contribution in [0.5, 0.6) is 0 Å². The van der Waals surface area contributed by atoms with E-state index in [2.05, 4.69) is 41.4 Å². The Hall–Kier alpha value is -1.26. The van der Waals surface area contributed by atoms with Gasteiger partial charge in [-0.05, 0) is 37.3 Å². The molecule has 1 aliphatic carbocycles. The quantitative estimate of drug-likeness (QED) is 0.722. The van der Waals surface area contributed by atoms with E-state index in [9.17, 15) is 0 Å². The van der Waals surface area contributed by atoms with Crippen molar-refractivity contribution in [2.75, 3.05) is 6.54 Å². The van der Waals surface area contributed by atoms with Crippen molar-refractivity contribution >= 4 is 0 Å². The Morgan fingerprint density at radius 2 is 2.27 bits per heavy atom. The van der Waals surface area contributed by atoms with Crippen LogP contribution in [-0.2, 0) is 6.42 Å². The summed E-state index contributed by atoms with van der Waals surface area (Å²) in [6.07, 6.45) is 3.75. The lowest BCUT2D eigenvalue weighted by Crippen LogP contribution is -2.25. The van der Waals surface area contributed by atoms with E-state index >= 15 is 0 Å². The Labute approximate surface area is 91.9 Å². The molecule has 1 N–H and O–H groups in total. The molecule has 1 aliphatic rings. The lowest BCUT2D eigenvalue weighted by atomic mass is 9.88. The first-order valence-corrected chi connectivity index (χ1v) is 5.62. The number of hydrogen-bond donors (Lipinski definition) is 1. The van der Waals surface area contributed by atoms with Crippen LogP contribution >= 0.6 is 0 Å². The largest absolute Gasteiger partial charge is 0.299 e.